The van der Waals surface area contributed by atoms with E-state index >= 15 is 0 Å². The van der Waals surface area contributed by atoms with Crippen molar-refractivity contribution in [1.29, 1.82) is 0 Å². The third-order valence-electron chi connectivity index (χ3n) is 2.65. The molecule has 1 amide bonds. The molecule has 0 spiro atoms. The van der Waals surface area contributed by atoms with Gasteiger partial charge in [0.25, 0.3) is 0 Å². The Morgan fingerprint density at radius 2 is 1.59 bits per heavy atom. The number of hydroxylamine groups is 2. The molecule has 0 aliphatic heterocycles. The fraction of sp³-hybridized carbons (Fsp3) is 0.833. The number of rotatable bonds is 5. The van der Waals surface area contributed by atoms with Gasteiger partial charge in [-0.3, -0.25) is 14.4 Å². The van der Waals surface area contributed by atoms with Gasteiger partial charge in [-0.25, -0.2) is 5.06 Å². The Hall–Kier alpha value is -1.10. The van der Waals surface area contributed by atoms with Crippen LogP contribution in [0.1, 0.15) is 40.5 Å². The summed E-state index contributed by atoms with van der Waals surface area (Å²) >= 11 is 0. The van der Waals surface area contributed by atoms with Gasteiger partial charge in [0, 0.05) is 13.0 Å². The molecule has 1 N–H and O–H groups in total. The van der Waals surface area contributed by atoms with Crippen molar-refractivity contribution in [2.75, 3.05) is 14.2 Å². The first-order valence-electron chi connectivity index (χ1n) is 5.86. The quantitative estimate of drug-likeness (QED) is 0.756. The molecule has 0 aromatic carbocycles. The summed E-state index contributed by atoms with van der Waals surface area (Å²) in [5, 5.41) is 9.44. The number of carbonyl (C=O) groups is 2. The van der Waals surface area contributed by atoms with Gasteiger partial charge < -0.3 is 5.11 Å². The molecule has 0 heterocycles. The molecule has 0 aromatic rings. The number of aliphatic carboxylic acids is 1. The number of hydrogen-bond donors (Lipinski definition) is 1. The predicted molar refractivity (Wildman–Crippen MR) is 66.3 cm³/mol. The van der Waals surface area contributed by atoms with Gasteiger partial charge in [-0.15, -0.1) is 0 Å². The van der Waals surface area contributed by atoms with E-state index in [1.165, 1.54) is 12.2 Å². The van der Waals surface area contributed by atoms with Crippen molar-refractivity contribution in [3.05, 3.63) is 0 Å². The standard InChI is InChI=1S/C7H15NO2.C5H10O2/c1-5-6(2)7(9)8(3)10-4;1-3-4(2)5(6)7/h6H,5H2,1-4H3;4H,3H2,1-2H3,(H,6,7)/t6-;4-/m00/s1. The minimum atomic E-state index is -0.706. The van der Waals surface area contributed by atoms with E-state index in [-0.39, 0.29) is 17.7 Å². The fourth-order valence-electron chi connectivity index (χ4n) is 0.750. The lowest BCUT2D eigenvalue weighted by Gasteiger charge is -2.16. The highest BCUT2D eigenvalue weighted by atomic mass is 16.7. The first kappa shape index (κ1) is 18.3. The van der Waals surface area contributed by atoms with Crippen LogP contribution in [0, 0.1) is 11.8 Å². The fourth-order valence-corrected chi connectivity index (χ4v) is 0.750. The molecular formula is C12H25NO4. The molecule has 0 aromatic heterocycles. The average molecular weight is 247 g/mol. The van der Waals surface area contributed by atoms with Crippen molar-refractivity contribution >= 4 is 11.9 Å². The molecule has 17 heavy (non-hydrogen) atoms. The summed E-state index contributed by atoms with van der Waals surface area (Å²) in [6.45, 7) is 7.42. The Balaban J connectivity index is 0. The van der Waals surface area contributed by atoms with Gasteiger partial charge in [0.15, 0.2) is 0 Å². The highest BCUT2D eigenvalue weighted by Gasteiger charge is 2.14. The Morgan fingerprint density at radius 1 is 1.18 bits per heavy atom. The Morgan fingerprint density at radius 3 is 1.76 bits per heavy atom. The lowest BCUT2D eigenvalue weighted by Crippen LogP contribution is -2.30. The van der Waals surface area contributed by atoms with Crippen molar-refractivity contribution in [2.45, 2.75) is 40.5 Å². The number of carbonyl (C=O) groups excluding carboxylic acids is 1. The Labute approximate surface area is 104 Å². The lowest BCUT2D eigenvalue weighted by atomic mass is 10.1. The monoisotopic (exact) mass is 247 g/mol. The summed E-state index contributed by atoms with van der Waals surface area (Å²) in [6.07, 6.45) is 1.57. The maximum atomic E-state index is 11.1. The van der Waals surface area contributed by atoms with E-state index in [4.69, 9.17) is 9.94 Å². The number of carboxylic acid groups (broad SMARTS) is 1. The molecular weight excluding hydrogens is 222 g/mol. The normalized spacial score (nSPS) is 13.1. The maximum absolute atomic E-state index is 11.1. The third-order valence-corrected chi connectivity index (χ3v) is 2.65. The van der Waals surface area contributed by atoms with Crippen LogP contribution in [-0.2, 0) is 14.4 Å². The van der Waals surface area contributed by atoms with E-state index in [9.17, 15) is 9.59 Å². The van der Waals surface area contributed by atoms with Crippen LogP contribution in [0.15, 0.2) is 0 Å². The van der Waals surface area contributed by atoms with Crippen LogP contribution in [0.25, 0.3) is 0 Å². The largest absolute Gasteiger partial charge is 0.481 e. The van der Waals surface area contributed by atoms with Gasteiger partial charge in [-0.05, 0) is 12.8 Å². The van der Waals surface area contributed by atoms with E-state index < -0.39 is 5.97 Å². The molecule has 0 bridgehead atoms. The summed E-state index contributed by atoms with van der Waals surface area (Å²) in [6, 6.07) is 0. The number of hydrogen-bond acceptors (Lipinski definition) is 3. The van der Waals surface area contributed by atoms with Crippen molar-refractivity contribution in [3.8, 4) is 0 Å². The van der Waals surface area contributed by atoms with Crippen LogP contribution >= 0.6 is 0 Å². The van der Waals surface area contributed by atoms with E-state index in [1.807, 2.05) is 20.8 Å². The van der Waals surface area contributed by atoms with Crippen molar-refractivity contribution in [2.24, 2.45) is 11.8 Å². The van der Waals surface area contributed by atoms with Crippen LogP contribution in [0.5, 0.6) is 0 Å². The van der Waals surface area contributed by atoms with Crippen LogP contribution in [-0.4, -0.2) is 36.2 Å². The molecule has 0 radical (unpaired) electrons. The van der Waals surface area contributed by atoms with Gasteiger partial charge in [-0.1, -0.05) is 27.7 Å². The number of amides is 1. The van der Waals surface area contributed by atoms with Gasteiger partial charge in [0.2, 0.25) is 5.91 Å². The van der Waals surface area contributed by atoms with Gasteiger partial charge in [-0.2, -0.15) is 0 Å². The average Bonchev–Trinajstić information content (AvgIpc) is 2.35. The zero-order valence-corrected chi connectivity index (χ0v) is 11.7. The van der Waals surface area contributed by atoms with E-state index in [2.05, 4.69) is 0 Å². The molecule has 0 rings (SSSR count). The predicted octanol–water partition coefficient (Wildman–Crippen LogP) is 2.17. The molecule has 102 valence electrons. The summed E-state index contributed by atoms with van der Waals surface area (Å²) < 4.78 is 0. The molecule has 0 aliphatic rings. The summed E-state index contributed by atoms with van der Waals surface area (Å²) in [5.41, 5.74) is 0. The van der Waals surface area contributed by atoms with Crippen molar-refractivity contribution in [1.82, 2.24) is 5.06 Å². The van der Waals surface area contributed by atoms with Crippen LogP contribution in [0.2, 0.25) is 0 Å². The molecule has 0 unspecified atom stereocenters. The van der Waals surface area contributed by atoms with Crippen LogP contribution in [0.3, 0.4) is 0 Å². The highest BCUT2D eigenvalue weighted by Crippen LogP contribution is 2.04. The molecule has 0 aliphatic carbocycles. The number of nitrogens with zero attached hydrogens (tertiary/aromatic N) is 1. The van der Waals surface area contributed by atoms with E-state index in [1.54, 1.807) is 14.0 Å². The van der Waals surface area contributed by atoms with Gasteiger partial charge in [0.1, 0.15) is 0 Å². The Kier molecular flexibility index (Phi) is 10.8. The molecule has 0 fully saturated rings. The molecule has 2 atom stereocenters. The smallest absolute Gasteiger partial charge is 0.306 e. The van der Waals surface area contributed by atoms with E-state index in [0.29, 0.717) is 0 Å². The van der Waals surface area contributed by atoms with Gasteiger partial charge in [0.05, 0.1) is 13.0 Å². The zero-order chi connectivity index (χ0) is 14.0. The first-order valence-corrected chi connectivity index (χ1v) is 5.86. The maximum Gasteiger partial charge on any atom is 0.306 e. The summed E-state index contributed by atoms with van der Waals surface area (Å²) in [4.78, 5) is 25.8. The second kappa shape index (κ2) is 10.1. The van der Waals surface area contributed by atoms with Crippen molar-refractivity contribution < 1.29 is 19.5 Å². The minimum Gasteiger partial charge on any atom is -0.481 e. The number of carboxylic acids is 1. The van der Waals surface area contributed by atoms with Crippen LogP contribution in [0.4, 0.5) is 0 Å². The second-order valence-electron chi connectivity index (χ2n) is 3.98. The minimum absolute atomic E-state index is 0.0324. The second-order valence-corrected chi connectivity index (χ2v) is 3.98. The molecule has 5 nitrogen and oxygen atoms in total. The van der Waals surface area contributed by atoms with E-state index in [0.717, 1.165) is 12.8 Å². The SMILES string of the molecule is CC[C@H](C)C(=O)N(C)OC.CC[C@H](C)C(=O)O. The molecule has 0 saturated carbocycles. The first-order chi connectivity index (χ1) is 7.81. The summed E-state index contributed by atoms with van der Waals surface area (Å²) in [5.74, 6) is -0.794. The lowest BCUT2D eigenvalue weighted by molar-refractivity contribution is -0.172. The Bertz CT molecular complexity index is 219. The highest BCUT2D eigenvalue weighted by molar-refractivity contribution is 5.77. The summed E-state index contributed by atoms with van der Waals surface area (Å²) in [7, 11) is 3.11. The molecule has 0 saturated heterocycles. The molecule has 5 heteroatoms. The van der Waals surface area contributed by atoms with Gasteiger partial charge >= 0.3 is 5.97 Å². The van der Waals surface area contributed by atoms with Crippen molar-refractivity contribution in [3.63, 3.8) is 0 Å². The van der Waals surface area contributed by atoms with Crippen LogP contribution < -0.4 is 0 Å². The topological polar surface area (TPSA) is 66.8 Å². The zero-order valence-electron chi connectivity index (χ0n) is 11.7. The third kappa shape index (κ3) is 8.68.